The average Bonchev–Trinajstić information content (AvgIpc) is 2.32. The molecule has 2 saturated carbocycles. The fourth-order valence-electron chi connectivity index (χ4n) is 3.21. The first kappa shape index (κ1) is 16.4. The number of carboxylic acid groups (broad SMARTS) is 1. The molecule has 0 radical (unpaired) electrons. The van der Waals surface area contributed by atoms with Gasteiger partial charge in [0, 0.05) is 26.2 Å². The van der Waals surface area contributed by atoms with Gasteiger partial charge in [-0.1, -0.05) is 64.2 Å². The van der Waals surface area contributed by atoms with E-state index in [-0.39, 0.29) is 32.7 Å². The van der Waals surface area contributed by atoms with Crippen LogP contribution in [0.2, 0.25) is 0 Å². The molecule has 2 aliphatic rings. The van der Waals surface area contributed by atoms with E-state index in [1.807, 2.05) is 0 Å². The summed E-state index contributed by atoms with van der Waals surface area (Å²) in [6.45, 7) is -0.250. The van der Waals surface area contributed by atoms with Crippen LogP contribution in [-0.4, -0.2) is 11.6 Å². The minimum Gasteiger partial charge on any atom is -0.483 e. The molecule has 92 valence electrons. The third-order valence-electron chi connectivity index (χ3n) is 3.97. The van der Waals surface area contributed by atoms with Crippen molar-refractivity contribution in [2.24, 2.45) is 11.8 Å². The molecule has 2 fully saturated rings. The van der Waals surface area contributed by atoms with Crippen molar-refractivity contribution >= 4 is 6.47 Å². The molecule has 0 saturated heterocycles. The van der Waals surface area contributed by atoms with Crippen LogP contribution in [0.15, 0.2) is 0 Å². The van der Waals surface area contributed by atoms with Crippen LogP contribution in [0.4, 0.5) is 0 Å². The molecule has 0 bridgehead atoms. The van der Waals surface area contributed by atoms with Crippen LogP contribution in [-0.2, 0) is 31.0 Å². The van der Waals surface area contributed by atoms with Crippen LogP contribution < -0.4 is 0 Å². The number of carbonyl (C=O) groups is 1. The molecule has 2 rings (SSSR count). The quantitative estimate of drug-likeness (QED) is 0.747. The summed E-state index contributed by atoms with van der Waals surface area (Å²) in [5.74, 6) is 2.28. The Morgan fingerprint density at radius 3 is 1.25 bits per heavy atom. The second-order valence-corrected chi connectivity index (χ2v) is 4.90. The third-order valence-corrected chi connectivity index (χ3v) is 3.97. The number of hydrogen-bond acceptors (Lipinski definition) is 1. The van der Waals surface area contributed by atoms with Crippen molar-refractivity contribution in [1.82, 2.24) is 0 Å². The van der Waals surface area contributed by atoms with Gasteiger partial charge in [0.2, 0.25) is 0 Å². The Labute approximate surface area is 118 Å². The van der Waals surface area contributed by atoms with E-state index in [1.165, 1.54) is 38.5 Å². The van der Waals surface area contributed by atoms with Gasteiger partial charge in [0.25, 0.3) is 6.47 Å². The minimum atomic E-state index is -0.250. The maximum Gasteiger partial charge on any atom is 0.290 e. The van der Waals surface area contributed by atoms with Gasteiger partial charge in [-0.2, -0.15) is 0 Å². The second kappa shape index (κ2) is 10.5. The van der Waals surface area contributed by atoms with Gasteiger partial charge >= 0.3 is 0 Å². The zero-order valence-electron chi connectivity index (χ0n) is 10.2. The molecule has 16 heavy (non-hydrogen) atoms. The maximum absolute atomic E-state index is 8.36. The smallest absolute Gasteiger partial charge is 0.290 e. The molecular formula is C13H24O2Zr. The van der Waals surface area contributed by atoms with Gasteiger partial charge in [0.15, 0.2) is 0 Å². The van der Waals surface area contributed by atoms with E-state index < -0.39 is 0 Å². The van der Waals surface area contributed by atoms with Gasteiger partial charge in [-0.15, -0.1) is 0 Å². The molecule has 0 atom stereocenters. The predicted octanol–water partition coefficient (Wildman–Crippen LogP) is 3.85. The van der Waals surface area contributed by atoms with E-state index in [0.29, 0.717) is 0 Å². The average molecular weight is 304 g/mol. The fraction of sp³-hybridized carbons (Fsp3) is 0.923. The minimum absolute atomic E-state index is 0. The summed E-state index contributed by atoms with van der Waals surface area (Å²) < 4.78 is 0. The third kappa shape index (κ3) is 6.18. The van der Waals surface area contributed by atoms with Gasteiger partial charge < -0.3 is 5.11 Å². The summed E-state index contributed by atoms with van der Waals surface area (Å²) in [7, 11) is 0. The van der Waals surface area contributed by atoms with Crippen molar-refractivity contribution in [2.45, 2.75) is 64.2 Å². The topological polar surface area (TPSA) is 37.3 Å². The monoisotopic (exact) mass is 302 g/mol. The molecule has 0 aromatic heterocycles. The summed E-state index contributed by atoms with van der Waals surface area (Å²) in [4.78, 5) is 8.36. The molecule has 0 spiro atoms. The molecule has 1 N–H and O–H groups in total. The first-order valence-electron chi connectivity index (χ1n) is 6.46. The standard InChI is InChI=1S/C12H22.CH2O2.Zr/c1-3-7-11(8-4-1)12-9-5-2-6-10-12;2-1-3;/h11-12H,1-10H2;1H,(H,2,3);. The molecule has 2 nitrogen and oxygen atoms in total. The maximum atomic E-state index is 8.36. The molecule has 0 aliphatic heterocycles. The largest absolute Gasteiger partial charge is 0.483 e. The fourth-order valence-corrected chi connectivity index (χ4v) is 3.21. The summed E-state index contributed by atoms with van der Waals surface area (Å²) in [6.07, 6.45) is 15.4. The first-order valence-corrected chi connectivity index (χ1v) is 6.46. The Bertz CT molecular complexity index is 145. The Hall–Kier alpha value is 0.353. The van der Waals surface area contributed by atoms with Crippen LogP contribution in [0.3, 0.4) is 0 Å². The van der Waals surface area contributed by atoms with Crippen LogP contribution in [0.1, 0.15) is 64.2 Å². The van der Waals surface area contributed by atoms with Crippen LogP contribution in [0.5, 0.6) is 0 Å². The molecule has 2 aliphatic carbocycles. The molecule has 3 heteroatoms. The zero-order chi connectivity index (χ0) is 10.9. The van der Waals surface area contributed by atoms with Crippen molar-refractivity contribution in [1.29, 1.82) is 0 Å². The molecule has 0 aromatic rings. The molecular weight excluding hydrogens is 279 g/mol. The molecule has 0 unspecified atom stereocenters. The van der Waals surface area contributed by atoms with Gasteiger partial charge in [-0.05, 0) is 11.8 Å². The van der Waals surface area contributed by atoms with Crippen molar-refractivity contribution in [2.75, 3.05) is 0 Å². The van der Waals surface area contributed by atoms with E-state index in [0.717, 1.165) is 11.8 Å². The van der Waals surface area contributed by atoms with E-state index in [2.05, 4.69) is 0 Å². The zero-order valence-corrected chi connectivity index (χ0v) is 12.6. The van der Waals surface area contributed by atoms with Crippen molar-refractivity contribution in [3.05, 3.63) is 0 Å². The number of rotatable bonds is 1. The second-order valence-electron chi connectivity index (χ2n) is 4.90. The summed E-state index contributed by atoms with van der Waals surface area (Å²) in [5, 5.41) is 6.89. The molecule has 0 heterocycles. The van der Waals surface area contributed by atoms with E-state index in [4.69, 9.17) is 9.90 Å². The SMILES string of the molecule is C1CCC(C2CCCCC2)CC1.O=CO.[Zr]. The summed E-state index contributed by atoms with van der Waals surface area (Å²) in [5.41, 5.74) is 0. The molecule has 0 aromatic carbocycles. The van der Waals surface area contributed by atoms with Crippen molar-refractivity contribution in [3.8, 4) is 0 Å². The van der Waals surface area contributed by atoms with Gasteiger partial charge in [0.1, 0.15) is 0 Å². The van der Waals surface area contributed by atoms with Crippen molar-refractivity contribution < 1.29 is 36.1 Å². The Balaban J connectivity index is 0.000000511. The van der Waals surface area contributed by atoms with Crippen LogP contribution >= 0.6 is 0 Å². The molecule has 0 amide bonds. The summed E-state index contributed by atoms with van der Waals surface area (Å²) in [6, 6.07) is 0. The van der Waals surface area contributed by atoms with E-state index in [1.54, 1.807) is 25.7 Å². The van der Waals surface area contributed by atoms with Gasteiger partial charge in [-0.3, -0.25) is 4.79 Å². The Kier molecular flexibility index (Phi) is 10.7. The Morgan fingerprint density at radius 2 is 1.00 bits per heavy atom. The van der Waals surface area contributed by atoms with Crippen molar-refractivity contribution in [3.63, 3.8) is 0 Å². The van der Waals surface area contributed by atoms with Crippen LogP contribution in [0, 0.1) is 11.8 Å². The van der Waals surface area contributed by atoms with Crippen LogP contribution in [0.25, 0.3) is 0 Å². The van der Waals surface area contributed by atoms with E-state index in [9.17, 15) is 0 Å². The predicted molar refractivity (Wildman–Crippen MR) is 61.8 cm³/mol. The van der Waals surface area contributed by atoms with E-state index >= 15 is 0 Å². The number of hydrogen-bond donors (Lipinski definition) is 1. The van der Waals surface area contributed by atoms with Gasteiger partial charge in [-0.25, -0.2) is 0 Å². The van der Waals surface area contributed by atoms with Gasteiger partial charge in [0.05, 0.1) is 0 Å². The Morgan fingerprint density at radius 1 is 0.750 bits per heavy atom. The summed E-state index contributed by atoms with van der Waals surface area (Å²) >= 11 is 0. The first-order chi connectivity index (χ1) is 7.38. The normalized spacial score (nSPS) is 22.5.